The molecule has 0 fully saturated rings. The van der Waals surface area contributed by atoms with Crippen molar-refractivity contribution >= 4 is 5.97 Å². The number of nitrogens with zero attached hydrogens (tertiary/aromatic N) is 3. The Morgan fingerprint density at radius 3 is 2.68 bits per heavy atom. The molecule has 2 aromatic carbocycles. The van der Waals surface area contributed by atoms with Crippen LogP contribution in [0.4, 0.5) is 0 Å². The van der Waals surface area contributed by atoms with Gasteiger partial charge < -0.3 is 9.47 Å². The first-order valence-electron chi connectivity index (χ1n) is 8.58. The zero-order chi connectivity index (χ0) is 19.8. The van der Waals surface area contributed by atoms with Gasteiger partial charge in [0.05, 0.1) is 18.2 Å². The van der Waals surface area contributed by atoms with Crippen LogP contribution in [0.3, 0.4) is 0 Å². The maximum absolute atomic E-state index is 12.2. The summed E-state index contributed by atoms with van der Waals surface area (Å²) in [5.41, 5.74) is 0.862. The lowest BCUT2D eigenvalue weighted by molar-refractivity contribution is 0.0462. The Labute approximate surface area is 161 Å². The highest BCUT2D eigenvalue weighted by Crippen LogP contribution is 2.08. The summed E-state index contributed by atoms with van der Waals surface area (Å²) in [6.45, 7) is 0.432. The Hall–Kier alpha value is -3.92. The predicted molar refractivity (Wildman–Crippen MR) is 101 cm³/mol. The van der Waals surface area contributed by atoms with Crippen molar-refractivity contribution in [2.24, 2.45) is 0 Å². The number of carbonyl (C=O) groups is 1. The number of hydrogen-bond acceptors (Lipinski definition) is 6. The van der Waals surface area contributed by atoms with Crippen LogP contribution < -0.4 is 10.3 Å². The van der Waals surface area contributed by atoms with Crippen LogP contribution in [0.5, 0.6) is 5.75 Å². The summed E-state index contributed by atoms with van der Waals surface area (Å²) in [5.74, 6) is 0.0331. The molecule has 0 N–H and O–H groups in total. The first kappa shape index (κ1) is 18.9. The second kappa shape index (κ2) is 9.14. The van der Waals surface area contributed by atoms with Gasteiger partial charge in [-0.2, -0.15) is 10.4 Å². The number of para-hydroxylation sites is 1. The molecule has 1 aromatic heterocycles. The molecule has 0 aliphatic heterocycles. The Kier molecular flexibility index (Phi) is 6.16. The van der Waals surface area contributed by atoms with E-state index in [1.165, 1.54) is 12.1 Å². The molecule has 28 heavy (non-hydrogen) atoms. The molecule has 0 unspecified atom stereocenters. The molecule has 3 aromatic rings. The van der Waals surface area contributed by atoms with E-state index in [0.29, 0.717) is 16.9 Å². The Balaban J connectivity index is 1.60. The zero-order valence-electron chi connectivity index (χ0n) is 14.9. The van der Waals surface area contributed by atoms with E-state index in [4.69, 9.17) is 14.7 Å². The number of rotatable bonds is 7. The number of carbonyl (C=O) groups excluding carboxylic acids is 1. The van der Waals surface area contributed by atoms with E-state index >= 15 is 0 Å². The molecule has 0 aliphatic carbocycles. The first-order chi connectivity index (χ1) is 13.7. The van der Waals surface area contributed by atoms with Crippen molar-refractivity contribution in [1.82, 2.24) is 9.78 Å². The largest absolute Gasteiger partial charge is 0.492 e. The Morgan fingerprint density at radius 2 is 1.89 bits per heavy atom. The average Bonchev–Trinajstić information content (AvgIpc) is 2.74. The van der Waals surface area contributed by atoms with Crippen LogP contribution in [0.25, 0.3) is 0 Å². The average molecular weight is 375 g/mol. The molecule has 0 atom stereocenters. The van der Waals surface area contributed by atoms with Crippen LogP contribution in [-0.4, -0.2) is 22.4 Å². The third kappa shape index (κ3) is 5.05. The summed E-state index contributed by atoms with van der Waals surface area (Å²) in [6, 6.07) is 20.6. The van der Waals surface area contributed by atoms with E-state index in [0.717, 1.165) is 4.68 Å². The topological polar surface area (TPSA) is 94.2 Å². The Bertz CT molecular complexity index is 1050. The van der Waals surface area contributed by atoms with Gasteiger partial charge in [0, 0.05) is 6.07 Å². The summed E-state index contributed by atoms with van der Waals surface area (Å²) < 4.78 is 11.9. The fourth-order valence-corrected chi connectivity index (χ4v) is 2.44. The van der Waals surface area contributed by atoms with Gasteiger partial charge in [-0.05, 0) is 35.9 Å². The number of hydrogen-bond donors (Lipinski definition) is 0. The monoisotopic (exact) mass is 375 g/mol. The van der Waals surface area contributed by atoms with Crippen LogP contribution in [0.1, 0.15) is 21.6 Å². The van der Waals surface area contributed by atoms with Crippen molar-refractivity contribution in [3.05, 3.63) is 93.9 Å². The Morgan fingerprint density at radius 1 is 1.07 bits per heavy atom. The molecule has 0 spiro atoms. The van der Waals surface area contributed by atoms with Gasteiger partial charge in [0.2, 0.25) is 0 Å². The maximum atomic E-state index is 12.2. The minimum absolute atomic E-state index is 0.00623. The van der Waals surface area contributed by atoms with Gasteiger partial charge in [-0.25, -0.2) is 9.48 Å². The summed E-state index contributed by atoms with van der Waals surface area (Å²) in [5, 5.41) is 13.0. The van der Waals surface area contributed by atoms with Crippen LogP contribution in [0, 0.1) is 11.3 Å². The summed E-state index contributed by atoms with van der Waals surface area (Å²) >= 11 is 0. The first-order valence-corrected chi connectivity index (χ1v) is 8.58. The van der Waals surface area contributed by atoms with Crippen LogP contribution in [-0.2, 0) is 17.9 Å². The van der Waals surface area contributed by atoms with Crippen molar-refractivity contribution in [2.75, 3.05) is 6.61 Å². The molecule has 0 saturated carbocycles. The van der Waals surface area contributed by atoms with Crippen LogP contribution in [0.15, 0.2) is 71.5 Å². The molecule has 0 amide bonds. The summed E-state index contributed by atoms with van der Waals surface area (Å²) in [4.78, 5) is 24.2. The van der Waals surface area contributed by atoms with Gasteiger partial charge in [0.1, 0.15) is 19.0 Å². The number of nitriles is 1. The smallest absolute Gasteiger partial charge is 0.359 e. The highest BCUT2D eigenvalue weighted by atomic mass is 16.5. The minimum Gasteiger partial charge on any atom is -0.492 e. The lowest BCUT2D eigenvalue weighted by Gasteiger charge is -2.09. The molecule has 1 heterocycles. The third-order valence-corrected chi connectivity index (χ3v) is 3.82. The van der Waals surface area contributed by atoms with E-state index in [9.17, 15) is 9.59 Å². The van der Waals surface area contributed by atoms with E-state index < -0.39 is 5.97 Å². The van der Waals surface area contributed by atoms with Gasteiger partial charge in [-0.1, -0.05) is 30.3 Å². The normalized spacial score (nSPS) is 10.1. The van der Waals surface area contributed by atoms with Crippen LogP contribution >= 0.6 is 0 Å². The summed E-state index contributed by atoms with van der Waals surface area (Å²) in [7, 11) is 0. The van der Waals surface area contributed by atoms with Gasteiger partial charge in [-0.15, -0.1) is 0 Å². The number of ether oxygens (including phenoxy) is 2. The lowest BCUT2D eigenvalue weighted by Crippen LogP contribution is -2.27. The number of esters is 1. The fraction of sp³-hybridized carbons (Fsp3) is 0.143. The van der Waals surface area contributed by atoms with Crippen molar-refractivity contribution in [3.8, 4) is 11.8 Å². The molecule has 7 nitrogen and oxygen atoms in total. The molecule has 7 heteroatoms. The molecule has 0 radical (unpaired) electrons. The van der Waals surface area contributed by atoms with Crippen molar-refractivity contribution < 1.29 is 14.3 Å². The highest BCUT2D eigenvalue weighted by molar-refractivity contribution is 5.86. The van der Waals surface area contributed by atoms with E-state index in [1.807, 2.05) is 36.4 Å². The molecule has 0 saturated heterocycles. The van der Waals surface area contributed by atoms with Crippen molar-refractivity contribution in [1.29, 1.82) is 5.26 Å². The van der Waals surface area contributed by atoms with Crippen molar-refractivity contribution in [2.45, 2.75) is 13.2 Å². The van der Waals surface area contributed by atoms with E-state index in [1.54, 1.807) is 24.3 Å². The second-order valence-electron chi connectivity index (χ2n) is 5.83. The lowest BCUT2D eigenvalue weighted by atomic mass is 10.1. The van der Waals surface area contributed by atoms with E-state index in [-0.39, 0.29) is 31.0 Å². The molecule has 0 aliphatic rings. The molecule has 140 valence electrons. The standard InChI is InChI=1S/C21H17N3O4/c22-14-16-5-4-6-17(13-16)15-28-21(26)19-9-10-20(25)24(23-19)11-12-27-18-7-2-1-3-8-18/h1-10,13H,11-12,15H2. The van der Waals surface area contributed by atoms with Gasteiger partial charge in [0.15, 0.2) is 5.69 Å². The van der Waals surface area contributed by atoms with Crippen molar-refractivity contribution in [3.63, 3.8) is 0 Å². The third-order valence-electron chi connectivity index (χ3n) is 3.82. The molecule has 0 bridgehead atoms. The van der Waals surface area contributed by atoms with Gasteiger partial charge >= 0.3 is 5.97 Å². The predicted octanol–water partition coefficient (Wildman–Crippen LogP) is 2.55. The van der Waals surface area contributed by atoms with E-state index in [2.05, 4.69) is 5.10 Å². The highest BCUT2D eigenvalue weighted by Gasteiger charge is 2.12. The zero-order valence-corrected chi connectivity index (χ0v) is 14.9. The maximum Gasteiger partial charge on any atom is 0.359 e. The fourth-order valence-electron chi connectivity index (χ4n) is 2.44. The number of benzene rings is 2. The molecular formula is C21H17N3O4. The molecular weight excluding hydrogens is 358 g/mol. The number of aromatic nitrogens is 2. The van der Waals surface area contributed by atoms with Crippen LogP contribution in [0.2, 0.25) is 0 Å². The quantitative estimate of drug-likeness (QED) is 0.589. The van der Waals surface area contributed by atoms with Gasteiger partial charge in [0.25, 0.3) is 5.56 Å². The SMILES string of the molecule is N#Cc1cccc(COC(=O)c2ccc(=O)n(CCOc3ccccc3)n2)c1. The molecule has 3 rings (SSSR count). The summed E-state index contributed by atoms with van der Waals surface area (Å²) in [6.07, 6.45) is 0. The van der Waals surface area contributed by atoms with Gasteiger partial charge in [-0.3, -0.25) is 4.79 Å². The second-order valence-corrected chi connectivity index (χ2v) is 5.83. The minimum atomic E-state index is -0.653.